The van der Waals surface area contributed by atoms with E-state index in [1.54, 1.807) is 0 Å². The van der Waals surface area contributed by atoms with Crippen LogP contribution in [0, 0.1) is 11.8 Å². The topological polar surface area (TPSA) is 65.0 Å². The summed E-state index contributed by atoms with van der Waals surface area (Å²) in [6.07, 6.45) is 1.30. The summed E-state index contributed by atoms with van der Waals surface area (Å²) in [7, 11) is 0. The summed E-state index contributed by atoms with van der Waals surface area (Å²) < 4.78 is 15.9. The van der Waals surface area contributed by atoms with Crippen LogP contribution in [0.1, 0.15) is 6.42 Å². The second kappa shape index (κ2) is 2.20. The number of aliphatic hydroxyl groups is 1. The first-order valence-electron chi connectivity index (χ1n) is 5.09. The fraction of sp³-hybridized carbons (Fsp3) is 0.700. The van der Waals surface area contributed by atoms with E-state index in [0.29, 0.717) is 12.0 Å². The smallest absolute Gasteiger partial charge is 0.337 e. The van der Waals surface area contributed by atoms with Gasteiger partial charge in [0, 0.05) is 12.3 Å². The molecule has 0 amide bonds. The molecule has 0 spiro atoms. The van der Waals surface area contributed by atoms with Gasteiger partial charge in [-0.05, 0) is 0 Å². The SMILES string of the molecule is O=C1O[C@H]2C[C@@]3(O)COC4OC=C1[C@@H]2[C@H]43. The van der Waals surface area contributed by atoms with Crippen LogP contribution in [0.2, 0.25) is 0 Å². The van der Waals surface area contributed by atoms with Gasteiger partial charge in [0.05, 0.1) is 24.4 Å². The Balaban J connectivity index is 1.88. The zero-order chi connectivity index (χ0) is 10.2. The van der Waals surface area contributed by atoms with Crippen LogP contribution in [0.5, 0.6) is 0 Å². The molecular formula is C10H10O5. The van der Waals surface area contributed by atoms with Gasteiger partial charge in [0.2, 0.25) is 6.29 Å². The maximum absolute atomic E-state index is 11.4. The molecule has 5 nitrogen and oxygen atoms in total. The Kier molecular flexibility index (Phi) is 1.19. The van der Waals surface area contributed by atoms with Crippen LogP contribution in [0.25, 0.3) is 0 Å². The summed E-state index contributed by atoms with van der Waals surface area (Å²) in [5.74, 6) is -0.491. The van der Waals surface area contributed by atoms with Crippen molar-refractivity contribution in [3.63, 3.8) is 0 Å². The molecule has 0 aromatic carbocycles. The molecule has 0 aromatic rings. The standard InChI is InChI=1S/C10H10O5/c11-8-4-2-13-9-7-6(4)5(15-8)1-10(7,12)3-14-9/h2,5-7,9,12H,1,3H2/t5-,6-,7+,9?,10+/m0/s1. The van der Waals surface area contributed by atoms with Crippen LogP contribution in [-0.2, 0) is 19.0 Å². The molecule has 2 saturated heterocycles. The van der Waals surface area contributed by atoms with Gasteiger partial charge in [-0.2, -0.15) is 0 Å². The Labute approximate surface area is 85.6 Å². The van der Waals surface area contributed by atoms with E-state index in [0.717, 1.165) is 0 Å². The van der Waals surface area contributed by atoms with E-state index in [2.05, 4.69) is 0 Å². The molecule has 3 heterocycles. The summed E-state index contributed by atoms with van der Waals surface area (Å²) in [4.78, 5) is 11.4. The number of carbonyl (C=O) groups is 1. The number of carbonyl (C=O) groups excluding carboxylic acids is 1. The van der Waals surface area contributed by atoms with Crippen molar-refractivity contribution in [2.45, 2.75) is 24.4 Å². The lowest BCUT2D eigenvalue weighted by atomic mass is 9.83. The summed E-state index contributed by atoms with van der Waals surface area (Å²) >= 11 is 0. The zero-order valence-corrected chi connectivity index (χ0v) is 7.88. The van der Waals surface area contributed by atoms with Crippen LogP contribution in [-0.4, -0.2) is 35.7 Å². The molecular weight excluding hydrogens is 200 g/mol. The molecule has 0 aromatic heterocycles. The Morgan fingerprint density at radius 2 is 2.40 bits per heavy atom. The van der Waals surface area contributed by atoms with Crippen molar-refractivity contribution in [1.29, 1.82) is 0 Å². The van der Waals surface area contributed by atoms with Gasteiger partial charge >= 0.3 is 5.97 Å². The molecule has 3 fully saturated rings. The third kappa shape index (κ3) is 0.765. The van der Waals surface area contributed by atoms with E-state index in [1.165, 1.54) is 6.26 Å². The Morgan fingerprint density at radius 1 is 1.53 bits per heavy atom. The Hall–Kier alpha value is -1.07. The molecule has 3 aliphatic heterocycles. The molecule has 1 unspecified atom stereocenters. The van der Waals surface area contributed by atoms with Gasteiger partial charge in [0.25, 0.3) is 0 Å². The first-order valence-corrected chi connectivity index (χ1v) is 5.09. The summed E-state index contributed by atoms with van der Waals surface area (Å²) in [6.45, 7) is 0.272. The lowest BCUT2D eigenvalue weighted by Crippen LogP contribution is -2.39. The highest BCUT2D eigenvalue weighted by Crippen LogP contribution is 2.56. The molecule has 4 aliphatic rings. The van der Waals surface area contributed by atoms with Crippen LogP contribution >= 0.6 is 0 Å². The van der Waals surface area contributed by atoms with E-state index in [1.807, 2.05) is 0 Å². The lowest BCUT2D eigenvalue weighted by Gasteiger charge is -2.28. The van der Waals surface area contributed by atoms with E-state index in [9.17, 15) is 9.90 Å². The Bertz CT molecular complexity index is 389. The molecule has 1 aliphatic carbocycles. The molecule has 5 atom stereocenters. The molecule has 0 bridgehead atoms. The van der Waals surface area contributed by atoms with Gasteiger partial charge in [-0.25, -0.2) is 4.79 Å². The summed E-state index contributed by atoms with van der Waals surface area (Å²) in [5, 5.41) is 10.3. The van der Waals surface area contributed by atoms with Crippen molar-refractivity contribution in [1.82, 2.24) is 0 Å². The number of hydrogen-bond donors (Lipinski definition) is 1. The third-order valence-electron chi connectivity index (χ3n) is 3.94. The summed E-state index contributed by atoms with van der Waals surface area (Å²) in [6, 6.07) is 0. The summed E-state index contributed by atoms with van der Waals surface area (Å²) in [5.41, 5.74) is -0.317. The molecule has 80 valence electrons. The van der Waals surface area contributed by atoms with Gasteiger partial charge in [-0.1, -0.05) is 0 Å². The third-order valence-corrected chi connectivity index (χ3v) is 3.94. The van der Waals surface area contributed by atoms with E-state index in [4.69, 9.17) is 14.2 Å². The molecule has 1 saturated carbocycles. The minimum atomic E-state index is -0.875. The second-order valence-corrected chi connectivity index (χ2v) is 4.69. The minimum Gasteiger partial charge on any atom is -0.472 e. The molecule has 4 rings (SSSR count). The molecule has 5 heteroatoms. The highest BCUT2D eigenvalue weighted by molar-refractivity contribution is 5.91. The van der Waals surface area contributed by atoms with Crippen molar-refractivity contribution in [3.05, 3.63) is 11.8 Å². The highest BCUT2D eigenvalue weighted by Gasteiger charge is 2.67. The lowest BCUT2D eigenvalue weighted by molar-refractivity contribution is -0.140. The quantitative estimate of drug-likeness (QED) is 0.548. The molecule has 15 heavy (non-hydrogen) atoms. The van der Waals surface area contributed by atoms with Crippen LogP contribution in [0.15, 0.2) is 11.8 Å². The van der Waals surface area contributed by atoms with Crippen molar-refractivity contribution >= 4 is 5.97 Å². The maximum Gasteiger partial charge on any atom is 0.337 e. The number of ether oxygens (including phenoxy) is 3. The predicted octanol–water partition coefficient (Wildman–Crippen LogP) is -0.451. The number of hydrogen-bond acceptors (Lipinski definition) is 5. The monoisotopic (exact) mass is 210 g/mol. The van der Waals surface area contributed by atoms with Crippen LogP contribution < -0.4 is 0 Å². The maximum atomic E-state index is 11.4. The molecule has 1 N–H and O–H groups in total. The van der Waals surface area contributed by atoms with E-state index >= 15 is 0 Å². The molecule has 0 radical (unpaired) electrons. The average Bonchev–Trinajstić information content (AvgIpc) is 2.76. The predicted molar refractivity (Wildman–Crippen MR) is 45.3 cm³/mol. The fourth-order valence-corrected chi connectivity index (χ4v) is 3.33. The van der Waals surface area contributed by atoms with E-state index < -0.39 is 11.9 Å². The minimum absolute atomic E-state index is 0.0382. The van der Waals surface area contributed by atoms with Gasteiger partial charge in [-0.15, -0.1) is 0 Å². The zero-order valence-electron chi connectivity index (χ0n) is 7.88. The fourth-order valence-electron chi connectivity index (χ4n) is 3.33. The highest BCUT2D eigenvalue weighted by atomic mass is 16.7. The van der Waals surface area contributed by atoms with Crippen molar-refractivity contribution in [3.8, 4) is 0 Å². The Morgan fingerprint density at radius 3 is 3.27 bits per heavy atom. The van der Waals surface area contributed by atoms with Crippen LogP contribution in [0.3, 0.4) is 0 Å². The first-order chi connectivity index (χ1) is 7.19. The van der Waals surface area contributed by atoms with Crippen molar-refractivity contribution in [2.75, 3.05) is 6.61 Å². The van der Waals surface area contributed by atoms with Gasteiger partial charge in [0.15, 0.2) is 0 Å². The average molecular weight is 210 g/mol. The van der Waals surface area contributed by atoms with Gasteiger partial charge in [-0.3, -0.25) is 0 Å². The normalized spacial score (nSPS) is 54.7. The van der Waals surface area contributed by atoms with Gasteiger partial charge in [0.1, 0.15) is 11.7 Å². The van der Waals surface area contributed by atoms with Crippen molar-refractivity contribution < 1.29 is 24.1 Å². The largest absolute Gasteiger partial charge is 0.472 e. The van der Waals surface area contributed by atoms with E-state index in [-0.39, 0.29) is 30.5 Å². The van der Waals surface area contributed by atoms with Gasteiger partial charge < -0.3 is 19.3 Å². The first kappa shape index (κ1) is 8.13. The second-order valence-electron chi connectivity index (χ2n) is 4.69. The number of rotatable bonds is 0. The van der Waals surface area contributed by atoms with Crippen molar-refractivity contribution in [2.24, 2.45) is 11.8 Å². The van der Waals surface area contributed by atoms with Crippen LogP contribution in [0.4, 0.5) is 0 Å². The number of esters is 1.